The van der Waals surface area contributed by atoms with E-state index in [4.69, 9.17) is 19.9 Å². The predicted octanol–water partition coefficient (Wildman–Crippen LogP) is 2.42. The van der Waals surface area contributed by atoms with Crippen LogP contribution in [-0.2, 0) is 11.3 Å². The molecule has 1 heterocycles. The Hall–Kier alpha value is -3.67. The molecule has 1 aliphatic rings. The number of methoxy groups -OCH3 is 2. The number of ether oxygens (including phenoxy) is 4. The molecule has 2 aromatic carbocycles. The largest absolute Gasteiger partial charge is 0.573 e. The number of hydrogen-bond donors (Lipinski definition) is 1. The molecular formula is C23H26F3N3O6. The number of piperazine rings is 1. The van der Waals surface area contributed by atoms with Crippen molar-refractivity contribution >= 4 is 11.8 Å². The van der Waals surface area contributed by atoms with Gasteiger partial charge in [0, 0.05) is 38.3 Å². The highest BCUT2D eigenvalue weighted by atomic mass is 19.4. The summed E-state index contributed by atoms with van der Waals surface area (Å²) < 4.78 is 56.8. The Balaban J connectivity index is 1.61. The highest BCUT2D eigenvalue weighted by Gasteiger charge is 2.31. The normalized spacial score (nSPS) is 14.4. The number of rotatable bonds is 9. The molecule has 0 unspecified atom stereocenters. The number of primary amides is 1. The molecule has 0 atom stereocenters. The lowest BCUT2D eigenvalue weighted by molar-refractivity contribution is -0.274. The SMILES string of the molecule is COc1cc(C(=O)N2CCN(Cc3ccc(OC(F)(F)F)cc3)CC2)cc(OC)c1OCC(N)=O. The highest BCUT2D eigenvalue weighted by molar-refractivity contribution is 5.95. The fraction of sp³-hybridized carbons (Fsp3) is 0.391. The number of alkyl halides is 3. The number of halogens is 3. The zero-order valence-electron chi connectivity index (χ0n) is 19.3. The van der Waals surface area contributed by atoms with E-state index >= 15 is 0 Å². The fourth-order valence-corrected chi connectivity index (χ4v) is 3.64. The van der Waals surface area contributed by atoms with Gasteiger partial charge in [0.05, 0.1) is 14.2 Å². The molecule has 0 bridgehead atoms. The van der Waals surface area contributed by atoms with E-state index < -0.39 is 12.3 Å². The van der Waals surface area contributed by atoms with Crippen molar-refractivity contribution in [2.24, 2.45) is 5.73 Å². The maximum Gasteiger partial charge on any atom is 0.573 e. The zero-order valence-corrected chi connectivity index (χ0v) is 19.3. The summed E-state index contributed by atoms with van der Waals surface area (Å²) in [5.41, 5.74) is 6.30. The fourth-order valence-electron chi connectivity index (χ4n) is 3.64. The van der Waals surface area contributed by atoms with Gasteiger partial charge in [-0.2, -0.15) is 0 Å². The number of amides is 2. The van der Waals surface area contributed by atoms with Crippen LogP contribution >= 0.6 is 0 Å². The van der Waals surface area contributed by atoms with Gasteiger partial charge in [-0.1, -0.05) is 12.1 Å². The van der Waals surface area contributed by atoms with Crippen LogP contribution in [0.5, 0.6) is 23.0 Å². The summed E-state index contributed by atoms with van der Waals surface area (Å²) in [4.78, 5) is 28.0. The van der Waals surface area contributed by atoms with Gasteiger partial charge in [-0.15, -0.1) is 13.2 Å². The molecule has 0 aromatic heterocycles. The second-order valence-corrected chi connectivity index (χ2v) is 7.72. The monoisotopic (exact) mass is 497 g/mol. The zero-order chi connectivity index (χ0) is 25.6. The minimum absolute atomic E-state index is 0.168. The van der Waals surface area contributed by atoms with Crippen LogP contribution in [0.1, 0.15) is 15.9 Å². The topological polar surface area (TPSA) is 104 Å². The average Bonchev–Trinajstić information content (AvgIpc) is 2.82. The molecule has 3 rings (SSSR count). The molecular weight excluding hydrogens is 471 g/mol. The lowest BCUT2D eigenvalue weighted by Crippen LogP contribution is -2.48. The minimum atomic E-state index is -4.73. The summed E-state index contributed by atoms with van der Waals surface area (Å²) in [7, 11) is 2.81. The van der Waals surface area contributed by atoms with Gasteiger partial charge in [0.1, 0.15) is 5.75 Å². The number of nitrogens with zero attached hydrogens (tertiary/aromatic N) is 2. The Kier molecular flexibility index (Phi) is 8.28. The van der Waals surface area contributed by atoms with E-state index in [0.29, 0.717) is 38.3 Å². The molecule has 2 amide bonds. The third-order valence-corrected chi connectivity index (χ3v) is 5.29. The van der Waals surface area contributed by atoms with Gasteiger partial charge in [-0.25, -0.2) is 0 Å². The van der Waals surface area contributed by atoms with E-state index in [2.05, 4.69) is 9.64 Å². The van der Waals surface area contributed by atoms with Crippen molar-refractivity contribution in [3.63, 3.8) is 0 Å². The van der Waals surface area contributed by atoms with Crippen LogP contribution in [0.15, 0.2) is 36.4 Å². The first kappa shape index (κ1) is 25.9. The van der Waals surface area contributed by atoms with Crippen LogP contribution in [-0.4, -0.2) is 75.0 Å². The number of hydrogen-bond acceptors (Lipinski definition) is 7. The molecule has 2 aromatic rings. The van der Waals surface area contributed by atoms with E-state index in [0.717, 1.165) is 5.56 Å². The first-order valence-corrected chi connectivity index (χ1v) is 10.6. The van der Waals surface area contributed by atoms with Crippen molar-refractivity contribution in [1.82, 2.24) is 9.80 Å². The third kappa shape index (κ3) is 7.15. The second kappa shape index (κ2) is 11.2. The maximum atomic E-state index is 13.1. The number of carbonyl (C=O) groups is 2. The summed E-state index contributed by atoms with van der Waals surface area (Å²) in [6, 6.07) is 8.74. The van der Waals surface area contributed by atoms with E-state index in [9.17, 15) is 22.8 Å². The second-order valence-electron chi connectivity index (χ2n) is 7.72. The third-order valence-electron chi connectivity index (χ3n) is 5.29. The quantitative estimate of drug-likeness (QED) is 0.568. The standard InChI is InChI=1S/C23H26F3N3O6/c1-32-18-11-16(12-19(33-2)21(18)34-14-20(27)30)22(31)29-9-7-28(8-10-29)13-15-3-5-17(6-4-15)35-23(24,25)26/h3-6,11-12H,7-10,13-14H2,1-2H3,(H2,27,30). The molecule has 1 aliphatic heterocycles. The van der Waals surface area contributed by atoms with Gasteiger partial charge >= 0.3 is 6.36 Å². The number of benzene rings is 2. The summed E-state index contributed by atoms with van der Waals surface area (Å²) in [5.74, 6) is -0.541. The van der Waals surface area contributed by atoms with Crippen molar-refractivity contribution in [3.05, 3.63) is 47.5 Å². The molecule has 12 heteroatoms. The van der Waals surface area contributed by atoms with Gasteiger partial charge in [0.25, 0.3) is 11.8 Å². The molecule has 9 nitrogen and oxygen atoms in total. The average molecular weight is 497 g/mol. The lowest BCUT2D eigenvalue weighted by Gasteiger charge is -2.35. The van der Waals surface area contributed by atoms with Crippen molar-refractivity contribution in [2.75, 3.05) is 47.0 Å². The Bertz CT molecular complexity index is 1010. The van der Waals surface area contributed by atoms with Crippen LogP contribution in [0.3, 0.4) is 0 Å². The predicted molar refractivity (Wildman–Crippen MR) is 119 cm³/mol. The minimum Gasteiger partial charge on any atom is -0.493 e. The molecule has 1 fully saturated rings. The highest BCUT2D eigenvalue weighted by Crippen LogP contribution is 2.39. The lowest BCUT2D eigenvalue weighted by atomic mass is 10.1. The Morgan fingerprint density at radius 1 is 0.971 bits per heavy atom. The van der Waals surface area contributed by atoms with Crippen LogP contribution < -0.4 is 24.7 Å². The number of carbonyl (C=O) groups excluding carboxylic acids is 2. The summed E-state index contributed by atoms with van der Waals surface area (Å²) in [6.45, 7) is 2.24. The van der Waals surface area contributed by atoms with Gasteiger partial charge in [0.15, 0.2) is 18.1 Å². The van der Waals surface area contributed by atoms with Crippen molar-refractivity contribution in [2.45, 2.75) is 12.9 Å². The summed E-state index contributed by atoms with van der Waals surface area (Å²) >= 11 is 0. The molecule has 35 heavy (non-hydrogen) atoms. The Labute approximate surface area is 200 Å². The molecule has 0 saturated carbocycles. The van der Waals surface area contributed by atoms with Gasteiger partial charge in [0.2, 0.25) is 5.75 Å². The first-order valence-electron chi connectivity index (χ1n) is 10.6. The van der Waals surface area contributed by atoms with E-state index in [-0.39, 0.29) is 35.5 Å². The van der Waals surface area contributed by atoms with E-state index in [1.54, 1.807) is 17.0 Å². The molecule has 2 N–H and O–H groups in total. The smallest absolute Gasteiger partial charge is 0.493 e. The van der Waals surface area contributed by atoms with Crippen molar-refractivity contribution in [1.29, 1.82) is 0 Å². The Morgan fingerprint density at radius 2 is 1.54 bits per heavy atom. The van der Waals surface area contributed by atoms with Crippen LogP contribution in [0.4, 0.5) is 13.2 Å². The molecule has 0 aliphatic carbocycles. The molecule has 1 saturated heterocycles. The summed E-state index contributed by atoms with van der Waals surface area (Å²) in [5, 5.41) is 0. The van der Waals surface area contributed by atoms with Crippen LogP contribution in [0.2, 0.25) is 0 Å². The first-order chi connectivity index (χ1) is 16.6. The summed E-state index contributed by atoms with van der Waals surface area (Å²) in [6.07, 6.45) is -4.73. The molecule has 0 radical (unpaired) electrons. The van der Waals surface area contributed by atoms with Crippen molar-refractivity contribution in [3.8, 4) is 23.0 Å². The number of nitrogens with two attached hydrogens (primary N) is 1. The van der Waals surface area contributed by atoms with Gasteiger partial charge < -0.3 is 29.6 Å². The van der Waals surface area contributed by atoms with Gasteiger partial charge in [-0.3, -0.25) is 14.5 Å². The van der Waals surface area contributed by atoms with Crippen LogP contribution in [0, 0.1) is 0 Å². The van der Waals surface area contributed by atoms with E-state index in [1.165, 1.54) is 38.5 Å². The van der Waals surface area contributed by atoms with E-state index in [1.807, 2.05) is 0 Å². The van der Waals surface area contributed by atoms with Crippen molar-refractivity contribution < 1.29 is 41.7 Å². The maximum absolute atomic E-state index is 13.1. The van der Waals surface area contributed by atoms with Gasteiger partial charge in [-0.05, 0) is 29.8 Å². The Morgan fingerprint density at radius 3 is 2.03 bits per heavy atom. The van der Waals surface area contributed by atoms with Crippen LogP contribution in [0.25, 0.3) is 0 Å². The molecule has 190 valence electrons. The molecule has 0 spiro atoms.